The number of carboxylic acid groups (broad SMARTS) is 1. The molecule has 1 N–H and O–H groups in total. The molecule has 0 bridgehead atoms. The molecule has 4 heteroatoms. The molecule has 0 aliphatic heterocycles. The number of carboxylic acids is 1. The molecule has 0 amide bonds. The summed E-state index contributed by atoms with van der Waals surface area (Å²) in [6.07, 6.45) is 1.38. The van der Waals surface area contributed by atoms with E-state index >= 15 is 0 Å². The number of benzene rings is 4. The standard InChI is InChI=1S/C26H22O4/c27-25(28)14-5-6-17-30-24-16-15-23(20-11-3-4-12-21(20)24)26(29)22-13-7-9-18-8-1-2-10-19(18)22/h1-4,7-13,15-16H,5-6,14,17H2,(H,27,28). The summed E-state index contributed by atoms with van der Waals surface area (Å²) in [7, 11) is 0. The fourth-order valence-corrected chi connectivity index (χ4v) is 3.72. The van der Waals surface area contributed by atoms with Gasteiger partial charge in [0.2, 0.25) is 0 Å². The van der Waals surface area contributed by atoms with Crippen LogP contribution in [-0.2, 0) is 4.79 Å². The lowest BCUT2D eigenvalue weighted by Crippen LogP contribution is -2.05. The van der Waals surface area contributed by atoms with Gasteiger partial charge >= 0.3 is 5.97 Å². The first-order valence-corrected chi connectivity index (χ1v) is 10.0. The molecule has 0 aliphatic carbocycles. The predicted molar refractivity (Wildman–Crippen MR) is 118 cm³/mol. The van der Waals surface area contributed by atoms with E-state index in [1.54, 1.807) is 0 Å². The van der Waals surface area contributed by atoms with Gasteiger partial charge in [-0.15, -0.1) is 0 Å². The van der Waals surface area contributed by atoms with Gasteiger partial charge in [-0.05, 0) is 41.1 Å². The van der Waals surface area contributed by atoms with Gasteiger partial charge in [0.15, 0.2) is 5.78 Å². The highest BCUT2D eigenvalue weighted by Gasteiger charge is 2.17. The molecule has 4 rings (SSSR count). The molecule has 0 saturated heterocycles. The van der Waals surface area contributed by atoms with Crippen molar-refractivity contribution in [1.29, 1.82) is 0 Å². The van der Waals surface area contributed by atoms with E-state index in [1.165, 1.54) is 0 Å². The quantitative estimate of drug-likeness (QED) is 0.298. The predicted octanol–water partition coefficient (Wildman–Crippen LogP) is 5.86. The van der Waals surface area contributed by atoms with Gasteiger partial charge in [0.05, 0.1) is 6.61 Å². The number of hydrogen-bond acceptors (Lipinski definition) is 3. The lowest BCUT2D eigenvalue weighted by Gasteiger charge is -2.13. The number of ketones is 1. The van der Waals surface area contributed by atoms with E-state index in [1.807, 2.05) is 78.9 Å². The third-order valence-electron chi connectivity index (χ3n) is 5.21. The normalized spacial score (nSPS) is 10.9. The van der Waals surface area contributed by atoms with Crippen LogP contribution in [0.15, 0.2) is 78.9 Å². The second-order valence-electron chi connectivity index (χ2n) is 7.21. The van der Waals surface area contributed by atoms with Gasteiger partial charge < -0.3 is 9.84 Å². The molecular formula is C26H22O4. The molecule has 150 valence electrons. The zero-order chi connectivity index (χ0) is 20.9. The molecule has 4 nitrogen and oxygen atoms in total. The SMILES string of the molecule is O=C(O)CCCCOc1ccc(C(=O)c2cccc3ccccc23)c2ccccc12. The van der Waals surface area contributed by atoms with Crippen molar-refractivity contribution in [2.24, 2.45) is 0 Å². The molecule has 30 heavy (non-hydrogen) atoms. The number of ether oxygens (including phenoxy) is 1. The fraction of sp³-hybridized carbons (Fsp3) is 0.154. The number of carbonyl (C=O) groups is 2. The van der Waals surface area contributed by atoms with Crippen molar-refractivity contribution in [3.05, 3.63) is 90.0 Å². The fourth-order valence-electron chi connectivity index (χ4n) is 3.72. The first kappa shape index (κ1) is 19.6. The minimum atomic E-state index is -0.795. The largest absolute Gasteiger partial charge is 0.493 e. The summed E-state index contributed by atoms with van der Waals surface area (Å²) in [6.45, 7) is 0.438. The first-order valence-electron chi connectivity index (χ1n) is 10.0. The van der Waals surface area contributed by atoms with Crippen molar-refractivity contribution in [2.45, 2.75) is 19.3 Å². The zero-order valence-electron chi connectivity index (χ0n) is 16.5. The van der Waals surface area contributed by atoms with Gasteiger partial charge in [-0.25, -0.2) is 0 Å². The maximum absolute atomic E-state index is 13.5. The van der Waals surface area contributed by atoms with E-state index in [0.29, 0.717) is 36.3 Å². The topological polar surface area (TPSA) is 63.6 Å². The van der Waals surface area contributed by atoms with Crippen molar-refractivity contribution >= 4 is 33.3 Å². The van der Waals surface area contributed by atoms with Crippen LogP contribution in [0.1, 0.15) is 35.2 Å². The lowest BCUT2D eigenvalue weighted by atomic mass is 9.93. The van der Waals surface area contributed by atoms with Crippen molar-refractivity contribution < 1.29 is 19.4 Å². The van der Waals surface area contributed by atoms with Crippen molar-refractivity contribution in [1.82, 2.24) is 0 Å². The minimum absolute atomic E-state index is 0.0176. The van der Waals surface area contributed by atoms with Crippen LogP contribution in [0.3, 0.4) is 0 Å². The number of fused-ring (bicyclic) bond motifs is 2. The summed E-state index contributed by atoms with van der Waals surface area (Å²) in [6, 6.07) is 25.0. The highest BCUT2D eigenvalue weighted by atomic mass is 16.5. The second-order valence-corrected chi connectivity index (χ2v) is 7.21. The molecular weight excluding hydrogens is 376 g/mol. The van der Waals surface area contributed by atoms with Crippen molar-refractivity contribution in [2.75, 3.05) is 6.61 Å². The van der Waals surface area contributed by atoms with E-state index in [4.69, 9.17) is 9.84 Å². The van der Waals surface area contributed by atoms with E-state index in [0.717, 1.165) is 21.5 Å². The molecule has 4 aromatic rings. The van der Waals surface area contributed by atoms with Crippen LogP contribution in [0.2, 0.25) is 0 Å². The van der Waals surface area contributed by atoms with Gasteiger partial charge in [0.1, 0.15) is 5.75 Å². The molecule has 0 saturated carbocycles. The summed E-state index contributed by atoms with van der Waals surface area (Å²) in [5, 5.41) is 12.4. The Morgan fingerprint density at radius 1 is 0.700 bits per heavy atom. The van der Waals surface area contributed by atoms with Gasteiger partial charge in [-0.1, -0.05) is 66.7 Å². The summed E-state index contributed by atoms with van der Waals surface area (Å²) < 4.78 is 5.91. The maximum atomic E-state index is 13.5. The zero-order valence-corrected chi connectivity index (χ0v) is 16.5. The molecule has 0 radical (unpaired) electrons. The number of unbranched alkanes of at least 4 members (excludes halogenated alkanes) is 1. The molecule has 0 atom stereocenters. The minimum Gasteiger partial charge on any atom is -0.493 e. The van der Waals surface area contributed by atoms with E-state index in [-0.39, 0.29) is 12.2 Å². The Bertz CT molecular complexity index is 1220. The molecule has 0 aliphatic rings. The molecule has 4 aromatic carbocycles. The number of rotatable bonds is 8. The van der Waals surface area contributed by atoms with E-state index in [2.05, 4.69) is 0 Å². The molecule has 0 heterocycles. The smallest absolute Gasteiger partial charge is 0.303 e. The Morgan fingerprint density at radius 2 is 1.37 bits per heavy atom. The Morgan fingerprint density at radius 3 is 2.17 bits per heavy atom. The van der Waals surface area contributed by atoms with Crippen molar-refractivity contribution in [3.63, 3.8) is 0 Å². The van der Waals surface area contributed by atoms with Crippen LogP contribution in [0, 0.1) is 0 Å². The van der Waals surface area contributed by atoms with Crippen LogP contribution in [-0.4, -0.2) is 23.5 Å². The third-order valence-corrected chi connectivity index (χ3v) is 5.21. The second kappa shape index (κ2) is 8.78. The number of hydrogen-bond donors (Lipinski definition) is 1. The summed E-state index contributed by atoms with van der Waals surface area (Å²) in [4.78, 5) is 24.1. The molecule has 0 aromatic heterocycles. The van der Waals surface area contributed by atoms with Crippen LogP contribution in [0.4, 0.5) is 0 Å². The Labute approximate surface area is 174 Å². The molecule has 0 spiro atoms. The summed E-state index contributed by atoms with van der Waals surface area (Å²) in [5.74, 6) is -0.108. The number of carbonyl (C=O) groups excluding carboxylic acids is 1. The van der Waals surface area contributed by atoms with Crippen molar-refractivity contribution in [3.8, 4) is 5.75 Å². The highest BCUT2D eigenvalue weighted by molar-refractivity contribution is 6.21. The highest BCUT2D eigenvalue weighted by Crippen LogP contribution is 2.31. The van der Waals surface area contributed by atoms with Gasteiger partial charge in [0, 0.05) is 22.9 Å². The Kier molecular flexibility index (Phi) is 5.75. The first-order chi connectivity index (χ1) is 14.6. The molecule has 0 fully saturated rings. The van der Waals surface area contributed by atoms with Gasteiger partial charge in [-0.2, -0.15) is 0 Å². The average molecular weight is 398 g/mol. The lowest BCUT2D eigenvalue weighted by molar-refractivity contribution is -0.137. The molecule has 0 unspecified atom stereocenters. The monoisotopic (exact) mass is 398 g/mol. The van der Waals surface area contributed by atoms with Crippen LogP contribution in [0.25, 0.3) is 21.5 Å². The third kappa shape index (κ3) is 4.03. The van der Waals surface area contributed by atoms with E-state index in [9.17, 15) is 9.59 Å². The van der Waals surface area contributed by atoms with Crippen LogP contribution >= 0.6 is 0 Å². The average Bonchev–Trinajstić information content (AvgIpc) is 2.78. The number of aliphatic carboxylic acids is 1. The Hall–Kier alpha value is -3.66. The summed E-state index contributed by atoms with van der Waals surface area (Å²) in [5.41, 5.74) is 1.32. The Balaban J connectivity index is 1.65. The summed E-state index contributed by atoms with van der Waals surface area (Å²) >= 11 is 0. The van der Waals surface area contributed by atoms with Crippen LogP contribution < -0.4 is 4.74 Å². The maximum Gasteiger partial charge on any atom is 0.303 e. The van der Waals surface area contributed by atoms with Gasteiger partial charge in [-0.3, -0.25) is 9.59 Å². The van der Waals surface area contributed by atoms with Gasteiger partial charge in [0.25, 0.3) is 0 Å². The van der Waals surface area contributed by atoms with Crippen LogP contribution in [0.5, 0.6) is 5.75 Å². The van der Waals surface area contributed by atoms with E-state index < -0.39 is 5.97 Å².